The van der Waals surface area contributed by atoms with E-state index in [-0.39, 0.29) is 29.1 Å². The Balaban J connectivity index is 0.00000520. The number of likely N-dealkylation sites (tertiary alicyclic amines) is 1. The molecule has 0 unspecified atom stereocenters. The molecule has 0 saturated carbocycles. The van der Waals surface area contributed by atoms with E-state index in [4.69, 9.17) is 5.14 Å². The van der Waals surface area contributed by atoms with E-state index in [1.165, 1.54) is 30.5 Å². The summed E-state index contributed by atoms with van der Waals surface area (Å²) in [6.45, 7) is 4.62. The predicted molar refractivity (Wildman–Crippen MR) is 193 cm³/mol. The number of nitrogens with two attached hydrogens (primary N) is 1. The first-order valence-corrected chi connectivity index (χ1v) is 17.9. The zero-order valence-electron chi connectivity index (χ0n) is 27.2. The summed E-state index contributed by atoms with van der Waals surface area (Å²) in [6.07, 6.45) is 5.03. The largest absolute Gasteiger partial charge is 0.351 e. The Labute approximate surface area is 290 Å². The van der Waals surface area contributed by atoms with Crippen molar-refractivity contribution >= 4 is 34.2 Å². The maximum atomic E-state index is 13.6. The Morgan fingerprint density at radius 2 is 1.42 bits per heavy atom. The number of amides is 2. The lowest BCUT2D eigenvalue weighted by atomic mass is 10.0. The van der Waals surface area contributed by atoms with Gasteiger partial charge in [0.15, 0.2) is 0 Å². The van der Waals surface area contributed by atoms with Crippen LogP contribution in [0.1, 0.15) is 52.7 Å². The number of nitrogens with one attached hydrogen (secondary N) is 1. The molecule has 5 rings (SSSR count). The third kappa shape index (κ3) is 11.0. The van der Waals surface area contributed by atoms with Crippen molar-refractivity contribution in [2.24, 2.45) is 5.14 Å². The predicted octanol–water partition coefficient (Wildman–Crippen LogP) is 5.84. The van der Waals surface area contributed by atoms with Crippen LogP contribution >= 0.6 is 12.4 Å². The monoisotopic (exact) mass is 688 g/mol. The maximum absolute atomic E-state index is 13.6. The minimum atomic E-state index is -3.77. The first-order chi connectivity index (χ1) is 22.7. The SMILES string of the molecule is Cl.NS(=O)(=O)c1ccc(CCN(Cc2cccc(-c3cccc(C(=O)NCCN4CCCC4)c3)c2)C(=O)CCCc2ccccc2)cc1. The number of benzene rings is 4. The van der Waals surface area contributed by atoms with Crippen LogP contribution in [0.3, 0.4) is 0 Å². The molecule has 0 aliphatic carbocycles. The normalized spacial score (nSPS) is 13.1. The molecule has 1 aliphatic heterocycles. The molecule has 8 nitrogen and oxygen atoms in total. The highest BCUT2D eigenvalue weighted by atomic mass is 35.5. The van der Waals surface area contributed by atoms with E-state index in [1.54, 1.807) is 12.1 Å². The lowest BCUT2D eigenvalue weighted by Gasteiger charge is -2.24. The zero-order chi connectivity index (χ0) is 33.1. The molecule has 1 saturated heterocycles. The molecule has 0 atom stereocenters. The second-order valence-electron chi connectivity index (χ2n) is 12.2. The molecular formula is C38H45ClN4O4S. The molecular weight excluding hydrogens is 644 g/mol. The number of hydrogen-bond acceptors (Lipinski definition) is 5. The molecule has 0 radical (unpaired) electrons. The first kappa shape index (κ1) is 36.8. The summed E-state index contributed by atoms with van der Waals surface area (Å²) in [5.74, 6) is -0.00772. The summed E-state index contributed by atoms with van der Waals surface area (Å²) < 4.78 is 23.4. The number of hydrogen-bond donors (Lipinski definition) is 2. The van der Waals surface area contributed by atoms with Gasteiger partial charge in [0.25, 0.3) is 5.91 Å². The van der Waals surface area contributed by atoms with Crippen LogP contribution in [0.15, 0.2) is 108 Å². The Bertz CT molecular complexity index is 1740. The second-order valence-corrected chi connectivity index (χ2v) is 13.7. The van der Waals surface area contributed by atoms with Crippen LogP contribution in [-0.2, 0) is 34.2 Å². The van der Waals surface area contributed by atoms with Gasteiger partial charge in [-0.15, -0.1) is 12.4 Å². The molecule has 0 spiro atoms. The van der Waals surface area contributed by atoms with Crippen LogP contribution in [0.25, 0.3) is 11.1 Å². The lowest BCUT2D eigenvalue weighted by molar-refractivity contribution is -0.131. The number of carbonyl (C=O) groups excluding carboxylic acids is 2. The topological polar surface area (TPSA) is 113 Å². The van der Waals surface area contributed by atoms with Crippen LogP contribution < -0.4 is 10.5 Å². The first-order valence-electron chi connectivity index (χ1n) is 16.4. The van der Waals surface area contributed by atoms with Crippen molar-refractivity contribution in [3.8, 4) is 11.1 Å². The van der Waals surface area contributed by atoms with Crippen molar-refractivity contribution in [3.05, 3.63) is 125 Å². The summed E-state index contributed by atoms with van der Waals surface area (Å²) in [4.78, 5) is 30.8. The summed E-state index contributed by atoms with van der Waals surface area (Å²) in [6, 6.07) is 32.4. The van der Waals surface area contributed by atoms with Crippen molar-refractivity contribution in [1.82, 2.24) is 15.1 Å². The van der Waals surface area contributed by atoms with Gasteiger partial charge in [-0.2, -0.15) is 0 Å². The van der Waals surface area contributed by atoms with Gasteiger partial charge in [-0.3, -0.25) is 9.59 Å². The van der Waals surface area contributed by atoms with Crippen molar-refractivity contribution in [3.63, 3.8) is 0 Å². The number of halogens is 1. The Morgan fingerprint density at radius 1 is 0.771 bits per heavy atom. The van der Waals surface area contributed by atoms with Crippen LogP contribution in [0.4, 0.5) is 0 Å². The van der Waals surface area contributed by atoms with E-state index in [0.717, 1.165) is 54.7 Å². The summed E-state index contributed by atoms with van der Waals surface area (Å²) >= 11 is 0. The van der Waals surface area contributed by atoms with Gasteiger partial charge in [-0.25, -0.2) is 13.6 Å². The Morgan fingerprint density at radius 3 is 2.12 bits per heavy atom. The van der Waals surface area contributed by atoms with E-state index in [0.29, 0.717) is 38.0 Å². The Hall–Kier alpha value is -4.02. The van der Waals surface area contributed by atoms with Crippen molar-refractivity contribution < 1.29 is 18.0 Å². The third-order valence-corrected chi connectivity index (χ3v) is 9.57. The number of sulfonamides is 1. The van der Waals surface area contributed by atoms with Gasteiger partial charge in [-0.1, -0.05) is 72.8 Å². The second kappa shape index (κ2) is 17.9. The average molecular weight is 689 g/mol. The number of carbonyl (C=O) groups is 2. The number of primary sulfonamides is 1. The molecule has 0 aromatic heterocycles. The molecule has 1 heterocycles. The third-order valence-electron chi connectivity index (χ3n) is 8.64. The van der Waals surface area contributed by atoms with Crippen molar-refractivity contribution in [1.29, 1.82) is 0 Å². The smallest absolute Gasteiger partial charge is 0.251 e. The Kier molecular flexibility index (Phi) is 13.8. The van der Waals surface area contributed by atoms with Crippen LogP contribution in [0.5, 0.6) is 0 Å². The molecule has 254 valence electrons. The van der Waals surface area contributed by atoms with Gasteiger partial charge < -0.3 is 15.1 Å². The molecule has 3 N–H and O–H groups in total. The van der Waals surface area contributed by atoms with Gasteiger partial charge in [-0.05, 0) is 103 Å². The van der Waals surface area contributed by atoms with Crippen LogP contribution in [0.2, 0.25) is 0 Å². The molecule has 4 aromatic carbocycles. The molecule has 1 aliphatic rings. The fourth-order valence-corrected chi connectivity index (χ4v) is 6.51. The van der Waals surface area contributed by atoms with E-state index >= 15 is 0 Å². The van der Waals surface area contributed by atoms with E-state index in [2.05, 4.69) is 28.4 Å². The molecule has 2 amide bonds. The van der Waals surface area contributed by atoms with E-state index < -0.39 is 10.0 Å². The minimum absolute atomic E-state index is 0. The van der Waals surface area contributed by atoms with Crippen LogP contribution in [-0.4, -0.2) is 62.8 Å². The summed E-state index contributed by atoms with van der Waals surface area (Å²) in [5, 5.41) is 8.32. The fourth-order valence-electron chi connectivity index (χ4n) is 5.99. The summed E-state index contributed by atoms with van der Waals surface area (Å²) in [7, 11) is -3.77. The quantitative estimate of drug-likeness (QED) is 0.163. The molecule has 0 bridgehead atoms. The average Bonchev–Trinajstić information content (AvgIpc) is 3.61. The van der Waals surface area contributed by atoms with Gasteiger partial charge in [0.1, 0.15) is 0 Å². The van der Waals surface area contributed by atoms with Gasteiger partial charge in [0.2, 0.25) is 15.9 Å². The van der Waals surface area contributed by atoms with E-state index in [1.807, 2.05) is 65.6 Å². The number of nitrogens with zero attached hydrogens (tertiary/aromatic N) is 2. The number of rotatable bonds is 15. The molecule has 48 heavy (non-hydrogen) atoms. The lowest BCUT2D eigenvalue weighted by Crippen LogP contribution is -2.33. The standard InChI is InChI=1S/C38H44N4O4S.ClH/c39-47(45,46)36-19-17-31(18-20-36)21-25-42(37(43)16-7-11-30-9-2-1-3-10-30)29-32-12-6-13-33(27-32)34-14-8-15-35(28-34)38(44)40-22-26-41-23-4-5-24-41;/h1-3,6,8-10,12-15,17-20,27-28H,4-5,7,11,16,21-26,29H2,(H,40,44)(H2,39,45,46);1H. The van der Waals surface area contributed by atoms with Gasteiger partial charge >= 0.3 is 0 Å². The zero-order valence-corrected chi connectivity index (χ0v) is 28.9. The summed E-state index contributed by atoms with van der Waals surface area (Å²) in [5.41, 5.74) is 5.65. The highest BCUT2D eigenvalue weighted by Gasteiger charge is 2.16. The van der Waals surface area contributed by atoms with E-state index in [9.17, 15) is 18.0 Å². The maximum Gasteiger partial charge on any atom is 0.251 e. The van der Waals surface area contributed by atoms with Gasteiger partial charge in [0, 0.05) is 38.2 Å². The highest BCUT2D eigenvalue weighted by molar-refractivity contribution is 7.89. The fraction of sp³-hybridized carbons (Fsp3) is 0.316. The highest BCUT2D eigenvalue weighted by Crippen LogP contribution is 2.23. The van der Waals surface area contributed by atoms with Crippen molar-refractivity contribution in [2.75, 3.05) is 32.7 Å². The van der Waals surface area contributed by atoms with Crippen LogP contribution in [0, 0.1) is 0 Å². The minimum Gasteiger partial charge on any atom is -0.351 e. The van der Waals surface area contributed by atoms with Gasteiger partial charge in [0.05, 0.1) is 4.90 Å². The molecule has 1 fully saturated rings. The number of aryl methyl sites for hydroxylation is 1. The molecule has 10 heteroatoms. The van der Waals surface area contributed by atoms with Crippen molar-refractivity contribution in [2.45, 2.75) is 50.0 Å². The molecule has 4 aromatic rings.